The van der Waals surface area contributed by atoms with E-state index in [0.717, 1.165) is 44.9 Å². The van der Waals surface area contributed by atoms with Crippen LogP contribution in [0.2, 0.25) is 0 Å². The van der Waals surface area contributed by atoms with Crippen LogP contribution in [0.15, 0.2) is 36.5 Å². The van der Waals surface area contributed by atoms with E-state index < -0.39 is 86.8 Å². The van der Waals surface area contributed by atoms with Crippen LogP contribution in [0.1, 0.15) is 239 Å². The third kappa shape index (κ3) is 31.3. The number of nitrogens with one attached hydrogen (secondary N) is 1. The van der Waals surface area contributed by atoms with Crippen molar-refractivity contribution < 1.29 is 64.6 Å². The molecule has 0 spiro atoms. The summed E-state index contributed by atoms with van der Waals surface area (Å²) >= 11 is 0. The quantitative estimate of drug-likeness (QED) is 0.0205. The van der Waals surface area contributed by atoms with Gasteiger partial charge in [0.05, 0.1) is 32.0 Å². The lowest BCUT2D eigenvalue weighted by atomic mass is 9.97. The molecule has 0 radical (unpaired) electrons. The zero-order valence-corrected chi connectivity index (χ0v) is 45.9. The van der Waals surface area contributed by atoms with Gasteiger partial charge in [0.2, 0.25) is 5.91 Å². The van der Waals surface area contributed by atoms with E-state index >= 15 is 0 Å². The molecule has 0 bridgehead atoms. The zero-order chi connectivity index (χ0) is 53.2. The van der Waals surface area contributed by atoms with Crippen molar-refractivity contribution in [3.8, 4) is 0 Å². The van der Waals surface area contributed by atoms with E-state index in [1.807, 2.05) is 6.08 Å². The van der Waals surface area contributed by atoms with E-state index in [1.54, 1.807) is 6.08 Å². The van der Waals surface area contributed by atoms with Gasteiger partial charge < -0.3 is 65.1 Å². The Kier molecular flexibility index (Phi) is 41.7. The van der Waals surface area contributed by atoms with Crippen LogP contribution in [0.5, 0.6) is 0 Å². The van der Waals surface area contributed by atoms with E-state index in [9.17, 15) is 45.6 Å². The highest BCUT2D eigenvalue weighted by Gasteiger charge is 2.51. The van der Waals surface area contributed by atoms with Crippen molar-refractivity contribution >= 4 is 5.91 Å². The highest BCUT2D eigenvalue weighted by Crippen LogP contribution is 2.30. The Hall–Kier alpha value is -1.79. The van der Waals surface area contributed by atoms with Crippen LogP contribution in [0.3, 0.4) is 0 Å². The summed E-state index contributed by atoms with van der Waals surface area (Å²) in [5, 5.41) is 86.9. The Balaban J connectivity index is 1.73. The Morgan fingerprint density at radius 3 is 1.34 bits per heavy atom. The largest absolute Gasteiger partial charge is 0.394 e. The first-order chi connectivity index (χ1) is 35.6. The summed E-state index contributed by atoms with van der Waals surface area (Å²) in [7, 11) is 0. The maximum absolute atomic E-state index is 13.2. The molecule has 12 atom stereocenters. The van der Waals surface area contributed by atoms with Crippen LogP contribution >= 0.6 is 0 Å². The molecule has 2 saturated heterocycles. The highest BCUT2D eigenvalue weighted by atomic mass is 16.7. The van der Waals surface area contributed by atoms with Crippen molar-refractivity contribution in [2.45, 2.75) is 312 Å². The summed E-state index contributed by atoms with van der Waals surface area (Å²) in [6.45, 7) is 2.76. The molecular weight excluding hydrogens is 931 g/mol. The molecule has 12 unspecified atom stereocenters. The number of hydrogen-bond acceptors (Lipinski definition) is 13. The predicted molar refractivity (Wildman–Crippen MR) is 291 cm³/mol. The number of carbonyl (C=O) groups excluding carboxylic acids is 1. The number of allylic oxidation sites excluding steroid dienone is 5. The molecule has 2 rings (SSSR count). The van der Waals surface area contributed by atoms with Crippen LogP contribution in [0, 0.1) is 0 Å². The number of rotatable bonds is 47. The van der Waals surface area contributed by atoms with Crippen molar-refractivity contribution in [3.05, 3.63) is 36.5 Å². The summed E-state index contributed by atoms with van der Waals surface area (Å²) in [5.41, 5.74) is 0. The van der Waals surface area contributed by atoms with Gasteiger partial charge in [-0.05, 0) is 44.9 Å². The fourth-order valence-corrected chi connectivity index (χ4v) is 9.74. The lowest BCUT2D eigenvalue weighted by Gasteiger charge is -2.46. The number of aliphatic hydroxyl groups is 8. The second-order valence-corrected chi connectivity index (χ2v) is 21.1. The molecule has 2 fully saturated rings. The molecule has 1 amide bonds. The molecule has 428 valence electrons. The van der Waals surface area contributed by atoms with Gasteiger partial charge in [-0.1, -0.05) is 224 Å². The van der Waals surface area contributed by atoms with E-state index in [-0.39, 0.29) is 18.9 Å². The van der Waals surface area contributed by atoms with Gasteiger partial charge >= 0.3 is 0 Å². The van der Waals surface area contributed by atoms with Crippen molar-refractivity contribution in [1.82, 2.24) is 5.32 Å². The van der Waals surface area contributed by atoms with Crippen molar-refractivity contribution in [2.24, 2.45) is 0 Å². The van der Waals surface area contributed by atoms with Crippen LogP contribution in [-0.2, 0) is 23.7 Å². The topological polar surface area (TPSA) is 228 Å². The van der Waals surface area contributed by atoms with Crippen LogP contribution < -0.4 is 5.32 Å². The maximum atomic E-state index is 13.2. The Morgan fingerprint density at radius 1 is 0.479 bits per heavy atom. The molecule has 0 aromatic carbocycles. The minimum absolute atomic E-state index is 0.251. The molecule has 14 nitrogen and oxygen atoms in total. The fraction of sp³-hybridized carbons (Fsp3) is 0.881. The van der Waals surface area contributed by atoms with Crippen LogP contribution in [-0.4, -0.2) is 140 Å². The first kappa shape index (κ1) is 67.3. The summed E-state index contributed by atoms with van der Waals surface area (Å²) in [6, 6.07) is -0.934. The van der Waals surface area contributed by atoms with Crippen molar-refractivity contribution in [1.29, 1.82) is 0 Å². The van der Waals surface area contributed by atoms with Crippen molar-refractivity contribution in [2.75, 3.05) is 19.8 Å². The second kappa shape index (κ2) is 45.3. The van der Waals surface area contributed by atoms with Gasteiger partial charge in [-0.25, -0.2) is 0 Å². The predicted octanol–water partition coefficient (Wildman–Crippen LogP) is 9.83. The Labute approximate surface area is 442 Å². The Morgan fingerprint density at radius 2 is 0.877 bits per heavy atom. The minimum Gasteiger partial charge on any atom is -0.394 e. The second-order valence-electron chi connectivity index (χ2n) is 21.1. The van der Waals surface area contributed by atoms with E-state index in [2.05, 4.69) is 43.5 Å². The number of ether oxygens (including phenoxy) is 4. The number of amides is 1. The van der Waals surface area contributed by atoms with E-state index in [0.29, 0.717) is 12.8 Å². The monoisotopic (exact) mass is 1040 g/mol. The average Bonchev–Trinajstić information content (AvgIpc) is 3.39. The molecule has 0 saturated carbocycles. The summed E-state index contributed by atoms with van der Waals surface area (Å²) in [6.07, 6.45) is 37.7. The van der Waals surface area contributed by atoms with E-state index in [4.69, 9.17) is 18.9 Å². The molecule has 2 aliphatic rings. The third-order valence-electron chi connectivity index (χ3n) is 14.6. The molecule has 0 aromatic rings. The number of aliphatic hydroxyl groups excluding tert-OH is 8. The van der Waals surface area contributed by atoms with Gasteiger partial charge in [-0.15, -0.1) is 0 Å². The summed E-state index contributed by atoms with van der Waals surface area (Å²) in [4.78, 5) is 13.2. The van der Waals surface area contributed by atoms with Crippen molar-refractivity contribution in [3.63, 3.8) is 0 Å². The van der Waals surface area contributed by atoms with Crippen LogP contribution in [0.4, 0.5) is 0 Å². The molecule has 9 N–H and O–H groups in total. The lowest BCUT2D eigenvalue weighted by Crippen LogP contribution is -2.65. The third-order valence-corrected chi connectivity index (χ3v) is 14.6. The number of hydrogen-bond donors (Lipinski definition) is 9. The smallest absolute Gasteiger partial charge is 0.220 e. The number of unbranched alkanes of at least 4 members (excludes halogenated alkanes) is 30. The maximum Gasteiger partial charge on any atom is 0.220 e. The highest BCUT2D eigenvalue weighted by molar-refractivity contribution is 5.76. The standard InChI is InChI=1S/C59H109NO13/c1-3-5-7-9-11-13-15-17-19-20-21-22-23-24-25-26-27-28-29-31-33-35-37-39-41-43-51(64)60-47(48(63)42-40-38-36-34-32-30-18-16-14-12-10-8-6-4-2)46-70-58-56(69)54(67)57(50(45-62)72-58)73-59-55(68)53(66)52(65)49(44-61)71-59/h14,16,32,34,40,42,47-50,52-59,61-63,65-69H,3-13,15,17-31,33,35-39,41,43-46H2,1-2H3,(H,60,64)/b16-14+,34-32+,42-40+. The first-order valence-corrected chi connectivity index (χ1v) is 29.7. The van der Waals surface area contributed by atoms with Gasteiger partial charge in [-0.3, -0.25) is 4.79 Å². The molecular formula is C59H109NO13. The molecule has 73 heavy (non-hydrogen) atoms. The van der Waals surface area contributed by atoms with Gasteiger partial charge in [0.25, 0.3) is 0 Å². The molecule has 2 heterocycles. The molecule has 0 aromatic heterocycles. The summed E-state index contributed by atoms with van der Waals surface area (Å²) < 4.78 is 22.7. The van der Waals surface area contributed by atoms with E-state index in [1.165, 1.54) is 161 Å². The average molecular weight is 1040 g/mol. The van der Waals surface area contributed by atoms with Gasteiger partial charge in [0.1, 0.15) is 48.8 Å². The molecule has 0 aliphatic carbocycles. The number of carbonyl (C=O) groups is 1. The minimum atomic E-state index is -1.79. The van der Waals surface area contributed by atoms with Gasteiger partial charge in [-0.2, -0.15) is 0 Å². The molecule has 2 aliphatic heterocycles. The normalized spacial score (nSPS) is 25.6. The van der Waals surface area contributed by atoms with Gasteiger partial charge in [0, 0.05) is 6.42 Å². The Bertz CT molecular complexity index is 1370. The SMILES string of the molecule is CCCCCC/C=C/CC/C=C/CC/C=C/C(O)C(COC1OC(CO)C(OC2OC(CO)C(O)C(O)C2O)C(O)C1O)NC(=O)CCCCCCCCCCCCCCCCCCCCCCCCCCC. The van der Waals surface area contributed by atoms with Gasteiger partial charge in [0.15, 0.2) is 12.6 Å². The summed E-state index contributed by atoms with van der Waals surface area (Å²) in [5.74, 6) is -0.251. The fourth-order valence-electron chi connectivity index (χ4n) is 9.74. The lowest BCUT2D eigenvalue weighted by molar-refractivity contribution is -0.359. The first-order valence-electron chi connectivity index (χ1n) is 29.7. The zero-order valence-electron chi connectivity index (χ0n) is 45.9. The van der Waals surface area contributed by atoms with Crippen LogP contribution in [0.25, 0.3) is 0 Å². The molecule has 14 heteroatoms.